The van der Waals surface area contributed by atoms with Crippen molar-refractivity contribution in [2.75, 3.05) is 20.3 Å². The lowest BCUT2D eigenvalue weighted by atomic mass is 9.83. The summed E-state index contributed by atoms with van der Waals surface area (Å²) in [6.45, 7) is 3.74. The Morgan fingerprint density at radius 3 is 2.83 bits per heavy atom. The largest absolute Gasteiger partial charge is 0.385 e. The molecule has 1 rings (SSSR count). The van der Waals surface area contributed by atoms with E-state index in [0.717, 1.165) is 31.4 Å². The van der Waals surface area contributed by atoms with Crippen LogP contribution in [0.3, 0.4) is 0 Å². The van der Waals surface area contributed by atoms with Gasteiger partial charge in [-0.15, -0.1) is 0 Å². The van der Waals surface area contributed by atoms with Gasteiger partial charge in [0.1, 0.15) is 0 Å². The van der Waals surface area contributed by atoms with E-state index in [9.17, 15) is 0 Å². The highest BCUT2D eigenvalue weighted by Gasteiger charge is 2.24. The number of hydrazine groups is 1. The van der Waals surface area contributed by atoms with Crippen molar-refractivity contribution < 1.29 is 4.74 Å². The zero-order valence-corrected chi connectivity index (χ0v) is 11.7. The molecule has 4 N–H and O–H groups in total. The number of rotatable bonds is 6. The monoisotopic (exact) mass is 256 g/mol. The van der Waals surface area contributed by atoms with E-state index in [0.29, 0.717) is 6.04 Å². The topological polar surface area (TPSA) is 71.7 Å². The Morgan fingerprint density at radius 2 is 2.17 bits per heavy atom. The normalized spacial score (nSPS) is 24.9. The van der Waals surface area contributed by atoms with Gasteiger partial charge in [-0.25, -0.2) is 5.84 Å². The van der Waals surface area contributed by atoms with E-state index in [2.05, 4.69) is 22.7 Å². The highest BCUT2D eigenvalue weighted by atomic mass is 16.5. The average molecular weight is 256 g/mol. The first kappa shape index (κ1) is 15.2. The van der Waals surface area contributed by atoms with Crippen LogP contribution in [0.2, 0.25) is 0 Å². The second-order valence-electron chi connectivity index (χ2n) is 4.92. The molecule has 0 aromatic rings. The number of nitrogens with two attached hydrogens (primary N) is 1. The lowest BCUT2D eigenvalue weighted by molar-refractivity contribution is 0.197. The third-order valence-electron chi connectivity index (χ3n) is 3.67. The molecular weight excluding hydrogens is 228 g/mol. The van der Waals surface area contributed by atoms with Crippen molar-refractivity contribution in [2.45, 2.75) is 51.5 Å². The van der Waals surface area contributed by atoms with E-state index in [1.165, 1.54) is 32.1 Å². The molecule has 0 spiro atoms. The predicted molar refractivity (Wildman–Crippen MR) is 75.3 cm³/mol. The molecule has 2 unspecified atom stereocenters. The van der Waals surface area contributed by atoms with Gasteiger partial charge in [-0.05, 0) is 25.2 Å². The number of ether oxygens (including phenoxy) is 1. The molecule has 0 radical (unpaired) electrons. The van der Waals surface area contributed by atoms with Gasteiger partial charge in [0.25, 0.3) is 0 Å². The van der Waals surface area contributed by atoms with Crippen molar-refractivity contribution in [3.05, 3.63) is 0 Å². The number of nitrogens with zero attached hydrogens (tertiary/aromatic N) is 1. The van der Waals surface area contributed by atoms with Crippen molar-refractivity contribution in [1.82, 2.24) is 10.7 Å². The van der Waals surface area contributed by atoms with Gasteiger partial charge in [0.15, 0.2) is 0 Å². The van der Waals surface area contributed by atoms with Gasteiger partial charge >= 0.3 is 0 Å². The summed E-state index contributed by atoms with van der Waals surface area (Å²) in [7, 11) is 1.71. The number of guanidine groups is 1. The Bertz CT molecular complexity index is 245. The van der Waals surface area contributed by atoms with Crippen LogP contribution in [-0.2, 0) is 4.74 Å². The summed E-state index contributed by atoms with van der Waals surface area (Å²) in [5, 5.41) is 3.46. The van der Waals surface area contributed by atoms with E-state index in [-0.39, 0.29) is 0 Å². The van der Waals surface area contributed by atoms with Gasteiger partial charge in [0.2, 0.25) is 5.96 Å². The summed E-state index contributed by atoms with van der Waals surface area (Å²) in [5.74, 6) is 6.98. The molecule has 1 aliphatic carbocycles. The molecule has 18 heavy (non-hydrogen) atoms. The fourth-order valence-corrected chi connectivity index (χ4v) is 2.59. The van der Waals surface area contributed by atoms with Crippen LogP contribution in [0.4, 0.5) is 0 Å². The first-order chi connectivity index (χ1) is 8.81. The lowest BCUT2D eigenvalue weighted by Crippen LogP contribution is -2.49. The van der Waals surface area contributed by atoms with Crippen molar-refractivity contribution >= 4 is 5.96 Å². The van der Waals surface area contributed by atoms with Crippen LogP contribution in [0, 0.1) is 5.92 Å². The Labute approximate surface area is 111 Å². The van der Waals surface area contributed by atoms with Gasteiger partial charge < -0.3 is 10.1 Å². The quantitative estimate of drug-likeness (QED) is 0.221. The molecule has 0 bridgehead atoms. The molecule has 106 valence electrons. The maximum Gasteiger partial charge on any atom is 0.205 e. The second kappa shape index (κ2) is 9.16. The molecule has 1 fully saturated rings. The maximum atomic E-state index is 5.52. The minimum atomic E-state index is 0.515. The van der Waals surface area contributed by atoms with E-state index in [1.54, 1.807) is 7.11 Å². The van der Waals surface area contributed by atoms with Crippen LogP contribution >= 0.6 is 0 Å². The summed E-state index contributed by atoms with van der Waals surface area (Å²) in [6, 6.07) is 0.515. The fourth-order valence-electron chi connectivity index (χ4n) is 2.59. The minimum Gasteiger partial charge on any atom is -0.385 e. The minimum absolute atomic E-state index is 0.515. The standard InChI is InChI=1S/C13H28N4O/c1-3-11-7-4-5-8-12(11)16-13(17-14)15-9-6-10-18-2/h11-12H,3-10,14H2,1-2H3,(H2,15,16,17). The van der Waals surface area contributed by atoms with Crippen LogP contribution in [-0.4, -0.2) is 32.3 Å². The highest BCUT2D eigenvalue weighted by molar-refractivity contribution is 5.79. The summed E-state index contributed by atoms with van der Waals surface area (Å²) in [5.41, 5.74) is 2.67. The molecule has 2 atom stereocenters. The molecular formula is C13H28N4O. The van der Waals surface area contributed by atoms with Crippen molar-refractivity contribution in [3.63, 3.8) is 0 Å². The van der Waals surface area contributed by atoms with Crippen LogP contribution < -0.4 is 16.6 Å². The molecule has 0 heterocycles. The number of hydrogen-bond acceptors (Lipinski definition) is 3. The molecule has 0 aromatic carbocycles. The number of hydrogen-bond donors (Lipinski definition) is 3. The van der Waals surface area contributed by atoms with E-state index in [1.807, 2.05) is 0 Å². The number of aliphatic imine (C=N–C) groups is 1. The molecule has 0 aromatic heterocycles. The number of methoxy groups -OCH3 is 1. The van der Waals surface area contributed by atoms with Crippen LogP contribution in [0.1, 0.15) is 45.4 Å². The van der Waals surface area contributed by atoms with E-state index < -0.39 is 0 Å². The van der Waals surface area contributed by atoms with Gasteiger partial charge in [-0.3, -0.25) is 10.4 Å². The number of nitrogens with one attached hydrogen (secondary N) is 2. The van der Waals surface area contributed by atoms with Crippen molar-refractivity contribution in [3.8, 4) is 0 Å². The summed E-state index contributed by atoms with van der Waals surface area (Å²) in [6.07, 6.45) is 7.33. The van der Waals surface area contributed by atoms with Crippen LogP contribution in [0.15, 0.2) is 4.99 Å². The Kier molecular flexibility index (Phi) is 7.76. The lowest BCUT2D eigenvalue weighted by Gasteiger charge is -2.32. The zero-order valence-electron chi connectivity index (χ0n) is 11.7. The van der Waals surface area contributed by atoms with Crippen molar-refractivity contribution in [1.29, 1.82) is 0 Å². The fraction of sp³-hybridized carbons (Fsp3) is 0.923. The van der Waals surface area contributed by atoms with Gasteiger partial charge in [-0.1, -0.05) is 26.2 Å². The molecule has 1 saturated carbocycles. The van der Waals surface area contributed by atoms with Gasteiger partial charge in [-0.2, -0.15) is 0 Å². The Morgan fingerprint density at radius 1 is 1.39 bits per heavy atom. The Balaban J connectivity index is 2.40. The van der Waals surface area contributed by atoms with Crippen LogP contribution in [0.5, 0.6) is 0 Å². The zero-order chi connectivity index (χ0) is 13.2. The summed E-state index contributed by atoms with van der Waals surface area (Å²) < 4.78 is 5.00. The Hall–Kier alpha value is -0.810. The highest BCUT2D eigenvalue weighted by Crippen LogP contribution is 2.26. The third kappa shape index (κ3) is 5.23. The molecule has 0 amide bonds. The summed E-state index contributed by atoms with van der Waals surface area (Å²) in [4.78, 5) is 4.43. The molecule has 0 saturated heterocycles. The third-order valence-corrected chi connectivity index (χ3v) is 3.67. The van der Waals surface area contributed by atoms with Crippen molar-refractivity contribution in [2.24, 2.45) is 16.8 Å². The maximum absolute atomic E-state index is 5.52. The molecule has 5 nitrogen and oxygen atoms in total. The van der Waals surface area contributed by atoms with Crippen LogP contribution in [0.25, 0.3) is 0 Å². The SMILES string of the molecule is CCC1CCCCC1NC(=NCCCOC)NN. The predicted octanol–water partition coefficient (Wildman–Crippen LogP) is 1.40. The molecule has 5 heteroatoms. The first-order valence-corrected chi connectivity index (χ1v) is 7.08. The molecule has 1 aliphatic rings. The average Bonchev–Trinajstić information content (AvgIpc) is 2.42. The second-order valence-corrected chi connectivity index (χ2v) is 4.92. The van der Waals surface area contributed by atoms with E-state index >= 15 is 0 Å². The van der Waals surface area contributed by atoms with Gasteiger partial charge in [0.05, 0.1) is 0 Å². The van der Waals surface area contributed by atoms with E-state index in [4.69, 9.17) is 10.6 Å². The first-order valence-electron chi connectivity index (χ1n) is 7.08. The summed E-state index contributed by atoms with van der Waals surface area (Å²) >= 11 is 0. The smallest absolute Gasteiger partial charge is 0.205 e. The van der Waals surface area contributed by atoms with Gasteiger partial charge in [0, 0.05) is 26.3 Å². The molecule has 0 aliphatic heterocycles.